The first kappa shape index (κ1) is 16.7. The maximum absolute atomic E-state index is 12.6. The summed E-state index contributed by atoms with van der Waals surface area (Å²) >= 11 is 0. The quantitative estimate of drug-likeness (QED) is 0.858. The van der Waals surface area contributed by atoms with E-state index in [2.05, 4.69) is 0 Å². The molecular formula is C15H20N2O4. The maximum atomic E-state index is 12.6. The van der Waals surface area contributed by atoms with Crippen LogP contribution in [0.1, 0.15) is 47.9 Å². The summed E-state index contributed by atoms with van der Waals surface area (Å²) in [5.41, 5.74) is 5.22. The van der Waals surface area contributed by atoms with Crippen molar-refractivity contribution in [2.45, 2.75) is 32.7 Å². The van der Waals surface area contributed by atoms with E-state index in [0.29, 0.717) is 5.56 Å². The van der Waals surface area contributed by atoms with Crippen LogP contribution < -0.4 is 5.73 Å². The summed E-state index contributed by atoms with van der Waals surface area (Å²) in [7, 11) is 0. The first-order valence-electron chi connectivity index (χ1n) is 6.56. The topological polar surface area (TPSA) is 101 Å². The number of carboxylic acids is 1. The number of carboxylic acid groups (broad SMARTS) is 1. The number of rotatable bonds is 5. The summed E-state index contributed by atoms with van der Waals surface area (Å²) in [4.78, 5) is 35.9. The molecule has 21 heavy (non-hydrogen) atoms. The van der Waals surface area contributed by atoms with E-state index in [1.54, 1.807) is 12.1 Å². The summed E-state index contributed by atoms with van der Waals surface area (Å²) < 4.78 is 0. The predicted octanol–water partition coefficient (Wildman–Crippen LogP) is 1.50. The minimum atomic E-state index is -0.970. The van der Waals surface area contributed by atoms with Crippen molar-refractivity contribution < 1.29 is 19.5 Å². The van der Waals surface area contributed by atoms with Gasteiger partial charge in [0.25, 0.3) is 5.91 Å². The van der Waals surface area contributed by atoms with Crippen LogP contribution in [0, 0.1) is 0 Å². The van der Waals surface area contributed by atoms with Gasteiger partial charge in [0.05, 0.1) is 6.42 Å². The molecule has 6 nitrogen and oxygen atoms in total. The van der Waals surface area contributed by atoms with E-state index in [-0.39, 0.29) is 24.4 Å². The van der Waals surface area contributed by atoms with E-state index >= 15 is 0 Å². The average Bonchev–Trinajstić information content (AvgIpc) is 2.36. The maximum Gasteiger partial charge on any atom is 0.305 e. The van der Waals surface area contributed by atoms with Gasteiger partial charge >= 0.3 is 5.97 Å². The molecule has 2 amide bonds. The lowest BCUT2D eigenvalue weighted by molar-refractivity contribution is -0.137. The normalized spacial score (nSPS) is 11.0. The van der Waals surface area contributed by atoms with Gasteiger partial charge in [0.15, 0.2) is 0 Å². The highest BCUT2D eigenvalue weighted by molar-refractivity contribution is 5.99. The van der Waals surface area contributed by atoms with E-state index < -0.39 is 17.4 Å². The van der Waals surface area contributed by atoms with E-state index in [1.807, 2.05) is 20.8 Å². The molecule has 0 fully saturated rings. The van der Waals surface area contributed by atoms with Crippen LogP contribution in [-0.2, 0) is 4.79 Å². The fourth-order valence-corrected chi connectivity index (χ4v) is 1.91. The van der Waals surface area contributed by atoms with Gasteiger partial charge in [-0.1, -0.05) is 6.07 Å². The number of benzene rings is 1. The Balaban J connectivity index is 3.07. The lowest BCUT2D eigenvalue weighted by Gasteiger charge is -2.35. The van der Waals surface area contributed by atoms with Crippen LogP contribution in [0.25, 0.3) is 0 Å². The van der Waals surface area contributed by atoms with E-state index in [1.165, 1.54) is 17.0 Å². The number of nitrogens with two attached hydrogens (primary N) is 1. The molecule has 0 atom stereocenters. The Morgan fingerprint density at radius 3 is 2.24 bits per heavy atom. The molecule has 1 rings (SSSR count). The summed E-state index contributed by atoms with van der Waals surface area (Å²) in [5.74, 6) is -1.91. The second-order valence-electron chi connectivity index (χ2n) is 5.72. The lowest BCUT2D eigenvalue weighted by atomic mass is 10.0. The molecule has 0 unspecified atom stereocenters. The van der Waals surface area contributed by atoms with Crippen LogP contribution in [0.3, 0.4) is 0 Å². The van der Waals surface area contributed by atoms with Crippen LogP contribution in [0.5, 0.6) is 0 Å². The molecule has 0 saturated carbocycles. The second kappa shape index (κ2) is 6.39. The Labute approximate surface area is 123 Å². The van der Waals surface area contributed by atoms with Crippen LogP contribution >= 0.6 is 0 Å². The molecule has 1 aromatic rings. The van der Waals surface area contributed by atoms with Crippen LogP contribution in [-0.4, -0.2) is 39.9 Å². The molecular weight excluding hydrogens is 272 g/mol. The smallest absolute Gasteiger partial charge is 0.305 e. The SMILES string of the molecule is CC(C)(C)N(CCC(=O)O)C(=O)c1cccc(C(N)=O)c1. The lowest BCUT2D eigenvalue weighted by Crippen LogP contribution is -2.46. The summed E-state index contributed by atoms with van der Waals surface area (Å²) in [6.07, 6.45) is -0.140. The molecule has 0 aliphatic rings. The Morgan fingerprint density at radius 2 is 1.76 bits per heavy atom. The molecule has 0 aliphatic heterocycles. The van der Waals surface area contributed by atoms with Crippen molar-refractivity contribution in [1.29, 1.82) is 0 Å². The highest BCUT2D eigenvalue weighted by Crippen LogP contribution is 2.18. The molecule has 0 heterocycles. The van der Waals surface area contributed by atoms with E-state index in [9.17, 15) is 14.4 Å². The van der Waals surface area contributed by atoms with Crippen LogP contribution in [0.4, 0.5) is 0 Å². The summed E-state index contributed by atoms with van der Waals surface area (Å²) in [6.45, 7) is 5.57. The molecule has 0 bridgehead atoms. The average molecular weight is 292 g/mol. The van der Waals surface area contributed by atoms with Gasteiger partial charge in [-0.05, 0) is 39.0 Å². The summed E-state index contributed by atoms with van der Waals surface area (Å²) in [6, 6.07) is 6.10. The first-order valence-corrected chi connectivity index (χ1v) is 6.56. The fraction of sp³-hybridized carbons (Fsp3) is 0.400. The van der Waals surface area contributed by atoms with Crippen molar-refractivity contribution >= 4 is 17.8 Å². The van der Waals surface area contributed by atoms with Crippen LogP contribution in [0.15, 0.2) is 24.3 Å². The third-order valence-corrected chi connectivity index (χ3v) is 3.00. The zero-order valence-electron chi connectivity index (χ0n) is 12.4. The fourth-order valence-electron chi connectivity index (χ4n) is 1.91. The zero-order valence-corrected chi connectivity index (χ0v) is 12.4. The predicted molar refractivity (Wildman–Crippen MR) is 78.0 cm³/mol. The molecule has 0 radical (unpaired) electrons. The van der Waals surface area contributed by atoms with Gasteiger partial charge in [-0.15, -0.1) is 0 Å². The molecule has 3 N–H and O–H groups in total. The molecule has 0 aromatic heterocycles. The monoisotopic (exact) mass is 292 g/mol. The largest absolute Gasteiger partial charge is 0.481 e. The molecule has 0 saturated heterocycles. The van der Waals surface area contributed by atoms with E-state index in [0.717, 1.165) is 0 Å². The van der Waals surface area contributed by atoms with Gasteiger partial charge in [0.1, 0.15) is 0 Å². The highest BCUT2D eigenvalue weighted by Gasteiger charge is 2.27. The van der Waals surface area contributed by atoms with E-state index in [4.69, 9.17) is 10.8 Å². The second-order valence-corrected chi connectivity index (χ2v) is 5.72. The molecule has 114 valence electrons. The standard InChI is InChI=1S/C15H20N2O4/c1-15(2,3)17(8-7-12(18)19)14(21)11-6-4-5-10(9-11)13(16)20/h4-6,9H,7-8H2,1-3H3,(H2,16,20)(H,18,19). The van der Waals surface area contributed by atoms with Gasteiger partial charge in [-0.2, -0.15) is 0 Å². The van der Waals surface area contributed by atoms with Crippen molar-refractivity contribution in [2.24, 2.45) is 5.73 Å². The van der Waals surface area contributed by atoms with Gasteiger partial charge in [-0.25, -0.2) is 0 Å². The third-order valence-electron chi connectivity index (χ3n) is 3.00. The third kappa shape index (κ3) is 4.59. The van der Waals surface area contributed by atoms with Gasteiger partial charge < -0.3 is 15.7 Å². The van der Waals surface area contributed by atoms with Crippen molar-refractivity contribution in [1.82, 2.24) is 4.90 Å². The Morgan fingerprint density at radius 1 is 1.19 bits per heavy atom. The number of aliphatic carboxylic acids is 1. The van der Waals surface area contributed by atoms with Crippen molar-refractivity contribution in [3.05, 3.63) is 35.4 Å². The van der Waals surface area contributed by atoms with Crippen molar-refractivity contribution in [3.8, 4) is 0 Å². The molecule has 0 spiro atoms. The number of amides is 2. The molecule has 1 aromatic carbocycles. The van der Waals surface area contributed by atoms with Gasteiger partial charge in [0.2, 0.25) is 5.91 Å². The number of carbonyl (C=O) groups is 3. The first-order chi connectivity index (χ1) is 9.62. The van der Waals surface area contributed by atoms with Crippen molar-refractivity contribution in [3.63, 3.8) is 0 Å². The number of hydrogen-bond donors (Lipinski definition) is 2. The Kier molecular flexibility index (Phi) is 5.07. The minimum Gasteiger partial charge on any atom is -0.481 e. The zero-order chi connectivity index (χ0) is 16.2. The number of primary amides is 1. The Bertz CT molecular complexity index is 561. The molecule has 0 aliphatic carbocycles. The van der Waals surface area contributed by atoms with Crippen molar-refractivity contribution in [2.75, 3.05) is 6.54 Å². The molecule has 6 heteroatoms. The van der Waals surface area contributed by atoms with Crippen LogP contribution in [0.2, 0.25) is 0 Å². The number of carbonyl (C=O) groups excluding carboxylic acids is 2. The van der Waals surface area contributed by atoms with Gasteiger partial charge in [-0.3, -0.25) is 14.4 Å². The summed E-state index contributed by atoms with van der Waals surface area (Å²) in [5, 5.41) is 8.80. The highest BCUT2D eigenvalue weighted by atomic mass is 16.4. The Hall–Kier alpha value is -2.37. The minimum absolute atomic E-state index is 0.0957. The number of nitrogens with zero attached hydrogens (tertiary/aromatic N) is 1. The number of hydrogen-bond acceptors (Lipinski definition) is 3. The van der Waals surface area contributed by atoms with Gasteiger partial charge in [0, 0.05) is 23.2 Å².